The molecular formula is C17H11N3O2. The minimum absolute atomic E-state index is 0.000163. The lowest BCUT2D eigenvalue weighted by molar-refractivity contribution is -0.384. The molecule has 1 saturated carbocycles. The maximum absolute atomic E-state index is 10.7. The molecule has 0 aromatic heterocycles. The topological polar surface area (TPSA) is 90.7 Å². The van der Waals surface area contributed by atoms with E-state index < -0.39 is 10.3 Å². The van der Waals surface area contributed by atoms with Crippen LogP contribution in [-0.2, 0) is 0 Å². The van der Waals surface area contributed by atoms with Gasteiger partial charge in [-0.2, -0.15) is 10.5 Å². The highest BCUT2D eigenvalue weighted by Gasteiger charge is 2.67. The lowest BCUT2D eigenvalue weighted by Crippen LogP contribution is -1.97. The van der Waals surface area contributed by atoms with E-state index in [1.54, 1.807) is 12.1 Å². The molecular weight excluding hydrogens is 278 g/mol. The Morgan fingerprint density at radius 2 is 1.41 bits per heavy atom. The maximum atomic E-state index is 10.7. The second kappa shape index (κ2) is 4.98. The molecule has 0 spiro atoms. The minimum Gasteiger partial charge on any atom is -0.258 e. The standard InChI is InChI=1S/C17H11N3O2/c18-10-17(11-19)15(12-4-2-1-3-5-12)16(17)13-6-8-14(9-7-13)20(21)22/h1-9,15-16H/t15-,16-/m0/s1. The van der Waals surface area contributed by atoms with Crippen LogP contribution in [0.3, 0.4) is 0 Å². The number of nitro benzene ring substituents is 1. The molecule has 0 heterocycles. The Labute approximate surface area is 127 Å². The molecule has 5 nitrogen and oxygen atoms in total. The van der Waals surface area contributed by atoms with Gasteiger partial charge in [0.25, 0.3) is 5.69 Å². The predicted molar refractivity (Wildman–Crippen MR) is 78.7 cm³/mol. The largest absolute Gasteiger partial charge is 0.269 e. The summed E-state index contributed by atoms with van der Waals surface area (Å²) in [5, 5.41) is 29.7. The minimum atomic E-state index is -1.10. The Kier molecular flexibility index (Phi) is 3.12. The van der Waals surface area contributed by atoms with Crippen LogP contribution in [0, 0.1) is 38.2 Å². The van der Waals surface area contributed by atoms with Crippen molar-refractivity contribution >= 4 is 5.69 Å². The molecule has 0 amide bonds. The van der Waals surface area contributed by atoms with E-state index in [1.807, 2.05) is 30.3 Å². The van der Waals surface area contributed by atoms with Crippen molar-refractivity contribution in [2.75, 3.05) is 0 Å². The number of non-ortho nitro benzene ring substituents is 1. The molecule has 0 unspecified atom stereocenters. The van der Waals surface area contributed by atoms with E-state index in [9.17, 15) is 20.6 Å². The molecule has 3 rings (SSSR count). The van der Waals surface area contributed by atoms with E-state index in [-0.39, 0.29) is 17.5 Å². The van der Waals surface area contributed by atoms with Gasteiger partial charge in [-0.05, 0) is 11.1 Å². The van der Waals surface area contributed by atoms with Crippen molar-refractivity contribution in [1.82, 2.24) is 0 Å². The summed E-state index contributed by atoms with van der Waals surface area (Å²) in [6, 6.07) is 19.8. The molecule has 5 heteroatoms. The van der Waals surface area contributed by atoms with Gasteiger partial charge in [-0.25, -0.2) is 0 Å². The molecule has 1 fully saturated rings. The van der Waals surface area contributed by atoms with Gasteiger partial charge in [0.05, 0.1) is 17.1 Å². The SMILES string of the molecule is N#CC1(C#N)[C@@H](c2ccccc2)[C@@H]1c1ccc([N+](=O)[O-])cc1. The summed E-state index contributed by atoms with van der Waals surface area (Å²) in [5.41, 5.74) is 0.619. The van der Waals surface area contributed by atoms with Crippen molar-refractivity contribution in [3.8, 4) is 12.1 Å². The smallest absolute Gasteiger partial charge is 0.258 e. The van der Waals surface area contributed by atoms with Crippen molar-refractivity contribution in [2.24, 2.45) is 5.41 Å². The summed E-state index contributed by atoms with van der Waals surface area (Å²) in [6.45, 7) is 0. The van der Waals surface area contributed by atoms with Gasteiger partial charge in [-0.15, -0.1) is 0 Å². The van der Waals surface area contributed by atoms with Gasteiger partial charge in [0, 0.05) is 24.0 Å². The number of hydrogen-bond donors (Lipinski definition) is 0. The van der Waals surface area contributed by atoms with Crippen molar-refractivity contribution in [3.05, 3.63) is 75.8 Å². The molecule has 2 atom stereocenters. The Morgan fingerprint density at radius 3 is 1.86 bits per heavy atom. The van der Waals surface area contributed by atoms with Gasteiger partial charge in [0.1, 0.15) is 0 Å². The number of nitro groups is 1. The molecule has 22 heavy (non-hydrogen) atoms. The van der Waals surface area contributed by atoms with E-state index in [4.69, 9.17) is 0 Å². The highest BCUT2D eigenvalue weighted by Crippen LogP contribution is 2.69. The number of rotatable bonds is 3. The van der Waals surface area contributed by atoms with E-state index in [0.717, 1.165) is 11.1 Å². The van der Waals surface area contributed by atoms with Crippen LogP contribution in [-0.4, -0.2) is 4.92 Å². The lowest BCUT2D eigenvalue weighted by Gasteiger charge is -2.00. The van der Waals surface area contributed by atoms with Gasteiger partial charge in [0.15, 0.2) is 5.41 Å². The molecule has 0 radical (unpaired) electrons. The molecule has 106 valence electrons. The van der Waals surface area contributed by atoms with Crippen LogP contribution in [0.5, 0.6) is 0 Å². The van der Waals surface area contributed by atoms with Crippen molar-refractivity contribution in [2.45, 2.75) is 11.8 Å². The van der Waals surface area contributed by atoms with Gasteiger partial charge in [-0.3, -0.25) is 10.1 Å². The number of benzene rings is 2. The van der Waals surface area contributed by atoms with Crippen LogP contribution in [0.15, 0.2) is 54.6 Å². The summed E-state index contributed by atoms with van der Waals surface area (Å²) >= 11 is 0. The van der Waals surface area contributed by atoms with Crippen LogP contribution < -0.4 is 0 Å². The Bertz CT molecular complexity index is 787. The fraction of sp³-hybridized carbons (Fsp3) is 0.176. The summed E-state index contributed by atoms with van der Waals surface area (Å²) < 4.78 is 0. The highest BCUT2D eigenvalue weighted by molar-refractivity contribution is 5.53. The molecule has 0 aliphatic heterocycles. The van der Waals surface area contributed by atoms with Crippen LogP contribution in [0.1, 0.15) is 23.0 Å². The number of nitriles is 2. The van der Waals surface area contributed by atoms with Crippen LogP contribution in [0.4, 0.5) is 5.69 Å². The first-order valence-electron chi connectivity index (χ1n) is 6.76. The van der Waals surface area contributed by atoms with Gasteiger partial charge in [-0.1, -0.05) is 42.5 Å². The average molecular weight is 289 g/mol. The van der Waals surface area contributed by atoms with Crippen molar-refractivity contribution in [1.29, 1.82) is 10.5 Å². The van der Waals surface area contributed by atoms with Crippen LogP contribution >= 0.6 is 0 Å². The highest BCUT2D eigenvalue weighted by atomic mass is 16.6. The van der Waals surface area contributed by atoms with Crippen LogP contribution in [0.25, 0.3) is 0 Å². The number of nitrogens with zero attached hydrogens (tertiary/aromatic N) is 3. The van der Waals surface area contributed by atoms with E-state index in [2.05, 4.69) is 12.1 Å². The van der Waals surface area contributed by atoms with Crippen LogP contribution in [0.2, 0.25) is 0 Å². The fourth-order valence-electron chi connectivity index (χ4n) is 3.07. The van der Waals surface area contributed by atoms with E-state index in [0.29, 0.717) is 0 Å². The first kappa shape index (κ1) is 13.8. The first-order chi connectivity index (χ1) is 10.6. The summed E-state index contributed by atoms with van der Waals surface area (Å²) in [5.74, 6) is -0.462. The zero-order valence-electron chi connectivity index (χ0n) is 11.5. The van der Waals surface area contributed by atoms with Gasteiger partial charge < -0.3 is 0 Å². The zero-order valence-corrected chi connectivity index (χ0v) is 11.5. The molecule has 0 N–H and O–H groups in total. The lowest BCUT2D eigenvalue weighted by atomic mass is 10.0. The Morgan fingerprint density at radius 1 is 0.909 bits per heavy atom. The third-order valence-electron chi connectivity index (χ3n) is 4.20. The Balaban J connectivity index is 2.01. The summed E-state index contributed by atoms with van der Waals surface area (Å²) in [6.07, 6.45) is 0. The average Bonchev–Trinajstić information content (AvgIpc) is 3.25. The third-order valence-corrected chi connectivity index (χ3v) is 4.20. The Hall–Kier alpha value is -3.18. The van der Waals surface area contributed by atoms with Gasteiger partial charge in [0.2, 0.25) is 0 Å². The first-order valence-corrected chi connectivity index (χ1v) is 6.76. The molecule has 2 aromatic carbocycles. The summed E-state index contributed by atoms with van der Waals surface area (Å²) in [4.78, 5) is 10.3. The quantitative estimate of drug-likeness (QED) is 0.638. The predicted octanol–water partition coefficient (Wildman–Crippen LogP) is 3.51. The molecule has 0 saturated heterocycles. The number of hydrogen-bond acceptors (Lipinski definition) is 4. The molecule has 1 aliphatic rings. The molecule has 0 bridgehead atoms. The molecule has 2 aromatic rings. The monoisotopic (exact) mass is 289 g/mol. The fourth-order valence-corrected chi connectivity index (χ4v) is 3.07. The maximum Gasteiger partial charge on any atom is 0.269 e. The van der Waals surface area contributed by atoms with Crippen molar-refractivity contribution < 1.29 is 4.92 Å². The molecule has 1 aliphatic carbocycles. The van der Waals surface area contributed by atoms with Crippen molar-refractivity contribution in [3.63, 3.8) is 0 Å². The van der Waals surface area contributed by atoms with Gasteiger partial charge >= 0.3 is 0 Å². The second-order valence-electron chi connectivity index (χ2n) is 5.31. The van der Waals surface area contributed by atoms with E-state index >= 15 is 0 Å². The normalized spacial score (nSPS) is 21.4. The zero-order chi connectivity index (χ0) is 15.7. The third kappa shape index (κ3) is 1.92. The van der Waals surface area contributed by atoms with E-state index in [1.165, 1.54) is 12.1 Å². The second-order valence-corrected chi connectivity index (χ2v) is 5.31. The summed E-state index contributed by atoms with van der Waals surface area (Å²) in [7, 11) is 0.